The average Bonchev–Trinajstić information content (AvgIpc) is 2.97. The number of halogens is 2. The number of rotatable bonds is 2. The number of nitrogens with zero attached hydrogens (tertiary/aromatic N) is 1. The van der Waals surface area contributed by atoms with Crippen LogP contribution in [0.15, 0.2) is 18.2 Å². The van der Waals surface area contributed by atoms with Gasteiger partial charge < -0.3 is 5.73 Å². The van der Waals surface area contributed by atoms with Gasteiger partial charge in [0.05, 0.1) is 11.5 Å². The Balaban J connectivity index is 2.35. The van der Waals surface area contributed by atoms with Crippen LogP contribution in [0.3, 0.4) is 0 Å². The Morgan fingerprint density at radius 1 is 1.40 bits per heavy atom. The molecule has 0 saturated heterocycles. The molecule has 1 aromatic carbocycles. The second kappa shape index (κ2) is 3.68. The summed E-state index contributed by atoms with van der Waals surface area (Å²) in [4.78, 5) is 0. The number of benzene rings is 1. The Kier molecular flexibility index (Phi) is 2.64. The molecule has 0 spiro atoms. The third-order valence-corrected chi connectivity index (χ3v) is 3.47. The molecule has 0 amide bonds. The summed E-state index contributed by atoms with van der Waals surface area (Å²) in [5, 5.41) is 10.2. The number of nitriles is 1. The molecule has 0 aliphatic heterocycles. The first-order valence-corrected chi connectivity index (χ1v) is 5.46. The van der Waals surface area contributed by atoms with E-state index >= 15 is 0 Å². The van der Waals surface area contributed by atoms with E-state index in [9.17, 15) is 0 Å². The van der Waals surface area contributed by atoms with Crippen molar-refractivity contribution < 1.29 is 0 Å². The topological polar surface area (TPSA) is 49.8 Å². The summed E-state index contributed by atoms with van der Waals surface area (Å²) in [5.41, 5.74) is 6.45. The first-order chi connectivity index (χ1) is 7.09. The Bertz CT molecular complexity index is 433. The maximum absolute atomic E-state index is 9.03. The second-order valence-electron chi connectivity index (χ2n) is 3.91. The summed E-state index contributed by atoms with van der Waals surface area (Å²) in [6.07, 6.45) is 1.70. The summed E-state index contributed by atoms with van der Waals surface area (Å²) >= 11 is 11.8. The van der Waals surface area contributed by atoms with Crippen LogP contribution in [0.1, 0.15) is 24.4 Å². The maximum Gasteiger partial charge on any atom is 0.0767 e. The predicted molar refractivity (Wildman–Crippen MR) is 60.7 cm³/mol. The molecule has 78 valence electrons. The van der Waals surface area contributed by atoms with E-state index in [1.807, 2.05) is 0 Å². The Labute approximate surface area is 98.6 Å². The van der Waals surface area contributed by atoms with Gasteiger partial charge in [0, 0.05) is 16.1 Å². The van der Waals surface area contributed by atoms with Crippen LogP contribution in [0, 0.1) is 16.7 Å². The molecule has 1 atom stereocenters. The van der Waals surface area contributed by atoms with Gasteiger partial charge in [-0.2, -0.15) is 5.26 Å². The van der Waals surface area contributed by atoms with E-state index in [2.05, 4.69) is 6.07 Å². The molecular formula is C11H10Cl2N2. The fraction of sp³-hybridized carbons (Fsp3) is 0.364. The van der Waals surface area contributed by atoms with Crippen LogP contribution >= 0.6 is 23.2 Å². The van der Waals surface area contributed by atoms with Gasteiger partial charge in [-0.3, -0.25) is 0 Å². The van der Waals surface area contributed by atoms with Crippen LogP contribution in [-0.4, -0.2) is 0 Å². The molecule has 1 saturated carbocycles. The molecule has 1 aromatic rings. The van der Waals surface area contributed by atoms with E-state index in [0.29, 0.717) is 10.0 Å². The highest BCUT2D eigenvalue weighted by Crippen LogP contribution is 2.54. The molecule has 0 bridgehead atoms. The Morgan fingerprint density at radius 2 is 2.07 bits per heavy atom. The van der Waals surface area contributed by atoms with Gasteiger partial charge in [0.25, 0.3) is 0 Å². The van der Waals surface area contributed by atoms with Gasteiger partial charge in [0.15, 0.2) is 0 Å². The number of nitrogens with two attached hydrogens (primary N) is 1. The minimum Gasteiger partial charge on any atom is -0.323 e. The van der Waals surface area contributed by atoms with Crippen LogP contribution in [0.25, 0.3) is 0 Å². The average molecular weight is 241 g/mol. The molecule has 1 aliphatic carbocycles. The summed E-state index contributed by atoms with van der Waals surface area (Å²) in [7, 11) is 0. The first-order valence-electron chi connectivity index (χ1n) is 4.71. The lowest BCUT2D eigenvalue weighted by Gasteiger charge is -2.18. The number of hydrogen-bond donors (Lipinski definition) is 1. The first kappa shape index (κ1) is 10.8. The molecule has 0 aromatic heterocycles. The highest BCUT2D eigenvalue weighted by Gasteiger charge is 2.49. The third kappa shape index (κ3) is 1.83. The molecular weight excluding hydrogens is 231 g/mol. The number of hydrogen-bond acceptors (Lipinski definition) is 2. The van der Waals surface area contributed by atoms with Crippen molar-refractivity contribution in [2.24, 2.45) is 11.1 Å². The lowest BCUT2D eigenvalue weighted by atomic mass is 9.92. The largest absolute Gasteiger partial charge is 0.323 e. The summed E-state index contributed by atoms with van der Waals surface area (Å²) in [6, 6.07) is 7.17. The van der Waals surface area contributed by atoms with E-state index in [-0.39, 0.29) is 6.04 Å². The molecule has 0 radical (unpaired) electrons. The standard InChI is InChI=1S/C11H10Cl2N2/c12-7-1-2-8(9(13)5-7)10(15)11(6-14)3-4-11/h1-2,5,10H,3-4,15H2. The lowest BCUT2D eigenvalue weighted by Crippen LogP contribution is -2.21. The monoisotopic (exact) mass is 240 g/mol. The van der Waals surface area contributed by atoms with Crippen LogP contribution in [-0.2, 0) is 0 Å². The highest BCUT2D eigenvalue weighted by atomic mass is 35.5. The third-order valence-electron chi connectivity index (χ3n) is 2.90. The van der Waals surface area contributed by atoms with Crippen molar-refractivity contribution in [3.8, 4) is 6.07 Å². The van der Waals surface area contributed by atoms with Crippen molar-refractivity contribution in [1.82, 2.24) is 0 Å². The molecule has 15 heavy (non-hydrogen) atoms. The molecule has 0 heterocycles. The predicted octanol–water partition coefficient (Wildman–Crippen LogP) is 3.30. The molecule has 2 rings (SSSR count). The van der Waals surface area contributed by atoms with Gasteiger partial charge in [-0.05, 0) is 30.5 Å². The van der Waals surface area contributed by atoms with E-state index in [1.165, 1.54) is 0 Å². The van der Waals surface area contributed by atoms with E-state index in [1.54, 1.807) is 18.2 Å². The smallest absolute Gasteiger partial charge is 0.0767 e. The van der Waals surface area contributed by atoms with Crippen LogP contribution < -0.4 is 5.73 Å². The van der Waals surface area contributed by atoms with Gasteiger partial charge in [-0.15, -0.1) is 0 Å². The van der Waals surface area contributed by atoms with Gasteiger partial charge in [0.1, 0.15) is 0 Å². The summed E-state index contributed by atoms with van der Waals surface area (Å²) in [6.45, 7) is 0. The van der Waals surface area contributed by atoms with E-state index < -0.39 is 5.41 Å². The Hall–Kier alpha value is -0.750. The zero-order valence-corrected chi connectivity index (χ0v) is 9.52. The maximum atomic E-state index is 9.03. The van der Waals surface area contributed by atoms with Crippen LogP contribution in [0.4, 0.5) is 0 Å². The van der Waals surface area contributed by atoms with Crippen molar-refractivity contribution in [2.75, 3.05) is 0 Å². The highest BCUT2D eigenvalue weighted by molar-refractivity contribution is 6.35. The minimum absolute atomic E-state index is 0.313. The SMILES string of the molecule is N#CC1(C(N)c2ccc(Cl)cc2Cl)CC1. The van der Waals surface area contributed by atoms with Gasteiger partial charge in [-0.25, -0.2) is 0 Å². The van der Waals surface area contributed by atoms with Crippen LogP contribution in [0.5, 0.6) is 0 Å². The zero-order chi connectivity index (χ0) is 11.1. The molecule has 1 fully saturated rings. The molecule has 2 N–H and O–H groups in total. The quantitative estimate of drug-likeness (QED) is 0.863. The van der Waals surface area contributed by atoms with Gasteiger partial charge >= 0.3 is 0 Å². The van der Waals surface area contributed by atoms with Crippen molar-refractivity contribution in [3.63, 3.8) is 0 Å². The van der Waals surface area contributed by atoms with E-state index in [0.717, 1.165) is 18.4 Å². The molecule has 2 nitrogen and oxygen atoms in total. The Morgan fingerprint density at radius 3 is 2.53 bits per heavy atom. The van der Waals surface area contributed by atoms with Crippen molar-refractivity contribution >= 4 is 23.2 Å². The molecule has 4 heteroatoms. The van der Waals surface area contributed by atoms with Gasteiger partial charge in [-0.1, -0.05) is 29.3 Å². The van der Waals surface area contributed by atoms with Crippen molar-refractivity contribution in [3.05, 3.63) is 33.8 Å². The van der Waals surface area contributed by atoms with Crippen LogP contribution in [0.2, 0.25) is 10.0 Å². The molecule has 1 unspecified atom stereocenters. The summed E-state index contributed by atoms with van der Waals surface area (Å²) in [5.74, 6) is 0. The molecule has 1 aliphatic rings. The van der Waals surface area contributed by atoms with Crippen molar-refractivity contribution in [1.29, 1.82) is 5.26 Å². The summed E-state index contributed by atoms with van der Waals surface area (Å²) < 4.78 is 0. The minimum atomic E-state index is -0.405. The van der Waals surface area contributed by atoms with Crippen molar-refractivity contribution in [2.45, 2.75) is 18.9 Å². The fourth-order valence-corrected chi connectivity index (χ4v) is 2.20. The lowest BCUT2D eigenvalue weighted by molar-refractivity contribution is 0.519. The van der Waals surface area contributed by atoms with Gasteiger partial charge in [0.2, 0.25) is 0 Å². The zero-order valence-electron chi connectivity index (χ0n) is 8.00. The van der Waals surface area contributed by atoms with E-state index in [4.69, 9.17) is 34.2 Å². The second-order valence-corrected chi connectivity index (χ2v) is 4.76. The normalized spacial score (nSPS) is 19.3. The fourth-order valence-electron chi connectivity index (χ4n) is 1.68.